The molecule has 0 saturated carbocycles. The van der Waals surface area contributed by atoms with E-state index in [4.69, 9.17) is 23.2 Å². The average molecular weight is 377 g/mol. The highest BCUT2D eigenvalue weighted by Crippen LogP contribution is 2.27. The van der Waals surface area contributed by atoms with Crippen molar-refractivity contribution in [1.29, 1.82) is 0 Å². The van der Waals surface area contributed by atoms with Crippen LogP contribution in [0.2, 0.25) is 10.0 Å². The Labute approximate surface area is 156 Å². The molecule has 2 aromatic carbocycles. The molecule has 0 bridgehead atoms. The number of carbonyl (C=O) groups excluding carboxylic acids is 2. The molecule has 0 aliphatic carbocycles. The molecule has 1 N–H and O–H groups in total. The quantitative estimate of drug-likeness (QED) is 0.846. The number of nitrogens with one attached hydrogen (secondary N) is 1. The molecule has 1 fully saturated rings. The highest BCUT2D eigenvalue weighted by molar-refractivity contribution is 6.35. The van der Waals surface area contributed by atoms with Gasteiger partial charge in [0, 0.05) is 34.3 Å². The Morgan fingerprint density at radius 3 is 2.68 bits per heavy atom. The lowest BCUT2D eigenvalue weighted by atomic mass is 10.1. The minimum Gasteiger partial charge on any atom is -0.345 e. The van der Waals surface area contributed by atoms with E-state index in [2.05, 4.69) is 5.32 Å². The van der Waals surface area contributed by atoms with Crippen LogP contribution in [0, 0.1) is 0 Å². The summed E-state index contributed by atoms with van der Waals surface area (Å²) in [5.41, 5.74) is 2.06. The van der Waals surface area contributed by atoms with Crippen LogP contribution >= 0.6 is 23.2 Å². The lowest BCUT2D eigenvalue weighted by Crippen LogP contribution is -2.28. The number of anilines is 1. The Bertz CT molecular complexity index is 823. The predicted octanol–water partition coefficient (Wildman–Crippen LogP) is 4.61. The van der Waals surface area contributed by atoms with E-state index in [1.165, 1.54) is 0 Å². The molecule has 0 aromatic heterocycles. The second kappa shape index (κ2) is 7.46. The van der Waals surface area contributed by atoms with Crippen LogP contribution in [-0.4, -0.2) is 18.4 Å². The van der Waals surface area contributed by atoms with Crippen molar-refractivity contribution < 1.29 is 9.59 Å². The topological polar surface area (TPSA) is 49.4 Å². The summed E-state index contributed by atoms with van der Waals surface area (Å²) in [6, 6.07) is 12.0. The zero-order valence-electron chi connectivity index (χ0n) is 13.8. The monoisotopic (exact) mass is 376 g/mol. The predicted molar refractivity (Wildman–Crippen MR) is 100 cm³/mol. The number of amides is 2. The van der Waals surface area contributed by atoms with Crippen molar-refractivity contribution in [3.63, 3.8) is 0 Å². The molecule has 0 unspecified atom stereocenters. The minimum absolute atomic E-state index is 0.0962. The van der Waals surface area contributed by atoms with Crippen molar-refractivity contribution in [1.82, 2.24) is 5.32 Å². The maximum Gasteiger partial charge on any atom is 0.251 e. The molecule has 0 spiro atoms. The normalized spacial score (nSPS) is 15.3. The molecule has 1 aliphatic rings. The van der Waals surface area contributed by atoms with Crippen LogP contribution in [0.15, 0.2) is 42.5 Å². The van der Waals surface area contributed by atoms with Gasteiger partial charge in [-0.2, -0.15) is 0 Å². The maximum absolute atomic E-state index is 12.6. The Hall–Kier alpha value is -2.04. The average Bonchev–Trinajstić information content (AvgIpc) is 3.01. The zero-order chi connectivity index (χ0) is 18.0. The molecule has 1 atom stereocenters. The summed E-state index contributed by atoms with van der Waals surface area (Å²) in [5.74, 6) is -0.120. The van der Waals surface area contributed by atoms with E-state index in [1.807, 2.05) is 13.0 Å². The standard InChI is InChI=1S/C19H18Cl2N2O2/c1-12(16-8-7-14(20)11-17(16)21)22-19(25)13-4-2-5-15(10-13)23-9-3-6-18(23)24/h2,4-5,7-8,10-12H,3,6,9H2,1H3,(H,22,25)/t12-/m0/s1. The van der Waals surface area contributed by atoms with E-state index < -0.39 is 0 Å². The van der Waals surface area contributed by atoms with E-state index in [1.54, 1.807) is 41.3 Å². The van der Waals surface area contributed by atoms with Gasteiger partial charge < -0.3 is 10.2 Å². The SMILES string of the molecule is C[C@H](NC(=O)c1cccc(N2CCCC2=O)c1)c1ccc(Cl)cc1Cl. The highest BCUT2D eigenvalue weighted by atomic mass is 35.5. The molecule has 3 rings (SSSR count). The van der Waals surface area contributed by atoms with E-state index in [-0.39, 0.29) is 17.9 Å². The summed E-state index contributed by atoms with van der Waals surface area (Å²) in [6.45, 7) is 2.56. The molecule has 2 amide bonds. The van der Waals surface area contributed by atoms with Crippen LogP contribution in [0.25, 0.3) is 0 Å². The lowest BCUT2D eigenvalue weighted by Gasteiger charge is -2.18. The number of benzene rings is 2. The van der Waals surface area contributed by atoms with Gasteiger partial charge in [0.15, 0.2) is 0 Å². The Morgan fingerprint density at radius 2 is 2.00 bits per heavy atom. The number of hydrogen-bond donors (Lipinski definition) is 1. The summed E-state index contributed by atoms with van der Waals surface area (Å²) >= 11 is 12.1. The van der Waals surface area contributed by atoms with E-state index in [0.29, 0.717) is 28.6 Å². The smallest absolute Gasteiger partial charge is 0.251 e. The van der Waals surface area contributed by atoms with Gasteiger partial charge in [-0.1, -0.05) is 35.3 Å². The van der Waals surface area contributed by atoms with Crippen LogP contribution in [0.3, 0.4) is 0 Å². The maximum atomic E-state index is 12.6. The molecule has 1 saturated heterocycles. The van der Waals surface area contributed by atoms with Crippen molar-refractivity contribution in [2.75, 3.05) is 11.4 Å². The second-order valence-corrected chi connectivity index (χ2v) is 6.90. The van der Waals surface area contributed by atoms with Gasteiger partial charge in [0.1, 0.15) is 0 Å². The fraction of sp³-hybridized carbons (Fsp3) is 0.263. The van der Waals surface area contributed by atoms with E-state index >= 15 is 0 Å². The Kier molecular flexibility index (Phi) is 5.30. The van der Waals surface area contributed by atoms with Gasteiger partial charge in [-0.15, -0.1) is 0 Å². The first-order valence-electron chi connectivity index (χ1n) is 8.12. The molecular formula is C19H18Cl2N2O2. The van der Waals surface area contributed by atoms with Crippen molar-refractivity contribution in [2.24, 2.45) is 0 Å². The summed E-state index contributed by atoms with van der Waals surface area (Å²) in [6.07, 6.45) is 1.41. The summed E-state index contributed by atoms with van der Waals surface area (Å²) < 4.78 is 0. The van der Waals surface area contributed by atoms with E-state index in [0.717, 1.165) is 17.7 Å². The zero-order valence-corrected chi connectivity index (χ0v) is 15.3. The van der Waals surface area contributed by atoms with Gasteiger partial charge in [0.2, 0.25) is 5.91 Å². The van der Waals surface area contributed by atoms with Crippen LogP contribution < -0.4 is 10.2 Å². The fourth-order valence-corrected chi connectivity index (χ4v) is 3.52. The first-order chi connectivity index (χ1) is 12.0. The van der Waals surface area contributed by atoms with Crippen molar-refractivity contribution in [2.45, 2.75) is 25.8 Å². The molecule has 0 radical (unpaired) electrons. The third-order valence-electron chi connectivity index (χ3n) is 4.27. The van der Waals surface area contributed by atoms with Crippen molar-refractivity contribution in [3.05, 3.63) is 63.6 Å². The first-order valence-corrected chi connectivity index (χ1v) is 8.87. The van der Waals surface area contributed by atoms with Crippen LogP contribution in [0.4, 0.5) is 5.69 Å². The summed E-state index contributed by atoms with van der Waals surface area (Å²) in [7, 11) is 0. The van der Waals surface area contributed by atoms with Crippen LogP contribution in [-0.2, 0) is 4.79 Å². The molecule has 130 valence electrons. The van der Waals surface area contributed by atoms with Gasteiger partial charge in [0.05, 0.1) is 6.04 Å². The largest absolute Gasteiger partial charge is 0.345 e. The van der Waals surface area contributed by atoms with Crippen LogP contribution in [0.1, 0.15) is 41.7 Å². The number of hydrogen-bond acceptors (Lipinski definition) is 2. The molecular weight excluding hydrogens is 359 g/mol. The fourth-order valence-electron chi connectivity index (χ4n) is 2.95. The molecule has 1 aliphatic heterocycles. The number of halogens is 2. The molecule has 2 aromatic rings. The van der Waals surface area contributed by atoms with Gasteiger partial charge in [-0.3, -0.25) is 9.59 Å². The van der Waals surface area contributed by atoms with Gasteiger partial charge in [-0.25, -0.2) is 0 Å². The minimum atomic E-state index is -0.269. The highest BCUT2D eigenvalue weighted by Gasteiger charge is 2.22. The number of carbonyl (C=O) groups is 2. The van der Waals surface area contributed by atoms with Crippen molar-refractivity contribution in [3.8, 4) is 0 Å². The molecule has 1 heterocycles. The number of nitrogens with zero attached hydrogens (tertiary/aromatic N) is 1. The first kappa shape index (κ1) is 17.8. The second-order valence-electron chi connectivity index (χ2n) is 6.06. The summed E-state index contributed by atoms with van der Waals surface area (Å²) in [4.78, 5) is 26.2. The third kappa shape index (κ3) is 3.97. The van der Waals surface area contributed by atoms with Gasteiger partial charge in [0.25, 0.3) is 5.91 Å². The molecule has 4 nitrogen and oxygen atoms in total. The lowest BCUT2D eigenvalue weighted by molar-refractivity contribution is -0.117. The Morgan fingerprint density at radius 1 is 1.20 bits per heavy atom. The summed E-state index contributed by atoms with van der Waals surface area (Å²) in [5, 5.41) is 3.99. The van der Waals surface area contributed by atoms with Gasteiger partial charge in [-0.05, 0) is 49.2 Å². The Balaban J connectivity index is 1.76. The molecule has 6 heteroatoms. The number of rotatable bonds is 4. The molecule has 25 heavy (non-hydrogen) atoms. The van der Waals surface area contributed by atoms with Crippen molar-refractivity contribution >= 4 is 40.7 Å². The van der Waals surface area contributed by atoms with Gasteiger partial charge >= 0.3 is 0 Å². The van der Waals surface area contributed by atoms with Crippen LogP contribution in [0.5, 0.6) is 0 Å². The third-order valence-corrected chi connectivity index (χ3v) is 4.83. The van der Waals surface area contributed by atoms with E-state index in [9.17, 15) is 9.59 Å².